The quantitative estimate of drug-likeness (QED) is 0.842. The molecule has 8 heteroatoms. The molecule has 3 rings (SSSR count). The monoisotopic (exact) mass is 365 g/mol. The van der Waals surface area contributed by atoms with Gasteiger partial charge >= 0.3 is 0 Å². The van der Waals surface area contributed by atoms with Crippen LogP contribution in [-0.4, -0.2) is 47.3 Å². The summed E-state index contributed by atoms with van der Waals surface area (Å²) in [5, 5.41) is 5.34. The fraction of sp³-hybridized carbons (Fsp3) is 0.500. The van der Waals surface area contributed by atoms with Gasteiger partial charge in [-0.15, -0.1) is 0 Å². The highest BCUT2D eigenvalue weighted by Gasteiger charge is 2.46. The molecule has 2 aliphatic heterocycles. The first-order valence-electron chi connectivity index (χ1n) is 8.63. The number of nitrogens with zero attached hydrogens (tertiary/aromatic N) is 1. The predicted octanol–water partition coefficient (Wildman–Crippen LogP) is 1.21. The van der Waals surface area contributed by atoms with Crippen molar-refractivity contribution in [2.75, 3.05) is 6.54 Å². The lowest BCUT2D eigenvalue weighted by atomic mass is 9.99. The van der Waals surface area contributed by atoms with E-state index in [0.717, 1.165) is 18.2 Å². The summed E-state index contributed by atoms with van der Waals surface area (Å²) in [6.45, 7) is 4.10. The lowest BCUT2D eigenvalue weighted by molar-refractivity contribution is -0.147. The molecule has 1 aromatic carbocycles. The topological polar surface area (TPSA) is 78.5 Å². The minimum absolute atomic E-state index is 0.169. The van der Waals surface area contributed by atoms with Gasteiger partial charge in [0.05, 0.1) is 5.56 Å². The molecular formula is C18H21F2N3O3. The zero-order valence-corrected chi connectivity index (χ0v) is 14.6. The maximum Gasteiger partial charge on any atom is 0.254 e. The van der Waals surface area contributed by atoms with Gasteiger partial charge < -0.3 is 15.5 Å². The molecule has 0 spiro atoms. The zero-order chi connectivity index (χ0) is 19.0. The summed E-state index contributed by atoms with van der Waals surface area (Å²) >= 11 is 0. The number of halogens is 2. The van der Waals surface area contributed by atoms with Crippen LogP contribution in [-0.2, 0) is 9.59 Å². The van der Waals surface area contributed by atoms with Crippen LogP contribution >= 0.6 is 0 Å². The first-order valence-corrected chi connectivity index (χ1v) is 8.63. The van der Waals surface area contributed by atoms with Crippen LogP contribution in [0.5, 0.6) is 0 Å². The number of amides is 3. The highest BCUT2D eigenvalue weighted by molar-refractivity contribution is 5.98. The Labute approximate surface area is 149 Å². The summed E-state index contributed by atoms with van der Waals surface area (Å²) < 4.78 is 27.0. The van der Waals surface area contributed by atoms with E-state index in [9.17, 15) is 23.2 Å². The number of benzene rings is 1. The number of carbonyl (C=O) groups is 3. The molecule has 0 unspecified atom stereocenters. The Morgan fingerprint density at radius 2 is 2.08 bits per heavy atom. The van der Waals surface area contributed by atoms with Gasteiger partial charge in [0.1, 0.15) is 23.7 Å². The number of fused-ring (bicyclic) bond motifs is 1. The van der Waals surface area contributed by atoms with E-state index in [1.807, 2.05) is 13.8 Å². The highest BCUT2D eigenvalue weighted by Crippen LogP contribution is 2.25. The van der Waals surface area contributed by atoms with Crippen molar-refractivity contribution in [3.05, 3.63) is 35.4 Å². The fourth-order valence-electron chi connectivity index (χ4n) is 3.53. The lowest BCUT2D eigenvalue weighted by Gasteiger charge is -2.35. The third kappa shape index (κ3) is 3.54. The van der Waals surface area contributed by atoms with E-state index in [0.29, 0.717) is 6.42 Å². The van der Waals surface area contributed by atoms with Gasteiger partial charge in [0.2, 0.25) is 11.8 Å². The van der Waals surface area contributed by atoms with Crippen LogP contribution in [0.25, 0.3) is 0 Å². The third-order valence-corrected chi connectivity index (χ3v) is 4.72. The third-order valence-electron chi connectivity index (χ3n) is 4.72. The molecule has 2 aliphatic rings. The van der Waals surface area contributed by atoms with Crippen LogP contribution in [0.1, 0.15) is 37.0 Å². The number of rotatable bonds is 4. The number of nitrogens with one attached hydrogen (secondary N) is 2. The summed E-state index contributed by atoms with van der Waals surface area (Å²) in [6, 6.07) is 0.934. The molecule has 2 N–H and O–H groups in total. The molecule has 0 radical (unpaired) electrons. The Hall–Kier alpha value is -2.51. The molecule has 0 bridgehead atoms. The summed E-state index contributed by atoms with van der Waals surface area (Å²) in [6.07, 6.45) is 0.786. The van der Waals surface area contributed by atoms with E-state index in [1.54, 1.807) is 0 Å². The van der Waals surface area contributed by atoms with Gasteiger partial charge in [-0.05, 0) is 37.0 Å². The summed E-state index contributed by atoms with van der Waals surface area (Å²) in [4.78, 5) is 38.6. The molecule has 26 heavy (non-hydrogen) atoms. The second-order valence-electron chi connectivity index (χ2n) is 7.23. The number of hydrogen-bond donors (Lipinski definition) is 2. The van der Waals surface area contributed by atoms with E-state index in [2.05, 4.69) is 10.6 Å². The SMILES string of the molecule is CC(C)C[C@H]1NC(=O)[C@@H]2C[C@H](NC(=O)c3cc(F)ccc3F)CN2C1=O. The van der Waals surface area contributed by atoms with E-state index < -0.39 is 41.2 Å². The summed E-state index contributed by atoms with van der Waals surface area (Å²) in [5.74, 6) is -2.48. The molecule has 3 atom stereocenters. The van der Waals surface area contributed by atoms with Crippen molar-refractivity contribution in [1.29, 1.82) is 0 Å². The lowest BCUT2D eigenvalue weighted by Crippen LogP contribution is -2.61. The number of carbonyl (C=O) groups excluding carboxylic acids is 3. The van der Waals surface area contributed by atoms with E-state index >= 15 is 0 Å². The van der Waals surface area contributed by atoms with E-state index in [4.69, 9.17) is 0 Å². The maximum absolute atomic E-state index is 13.7. The second kappa shape index (κ2) is 7.01. The van der Waals surface area contributed by atoms with Crippen molar-refractivity contribution in [2.45, 2.75) is 44.8 Å². The van der Waals surface area contributed by atoms with Crippen molar-refractivity contribution < 1.29 is 23.2 Å². The van der Waals surface area contributed by atoms with Crippen molar-refractivity contribution >= 4 is 17.7 Å². The van der Waals surface area contributed by atoms with Gasteiger partial charge in [0.15, 0.2) is 0 Å². The smallest absolute Gasteiger partial charge is 0.254 e. The fourth-order valence-corrected chi connectivity index (χ4v) is 3.53. The normalized spacial score (nSPS) is 25.3. The molecule has 0 aliphatic carbocycles. The van der Waals surface area contributed by atoms with Crippen molar-refractivity contribution in [3.63, 3.8) is 0 Å². The van der Waals surface area contributed by atoms with Crippen molar-refractivity contribution in [3.8, 4) is 0 Å². The average Bonchev–Trinajstić information content (AvgIpc) is 2.98. The predicted molar refractivity (Wildman–Crippen MR) is 89.1 cm³/mol. The molecule has 2 fully saturated rings. The van der Waals surface area contributed by atoms with Crippen LogP contribution in [0.15, 0.2) is 18.2 Å². The van der Waals surface area contributed by atoms with Crippen LogP contribution < -0.4 is 10.6 Å². The number of piperazine rings is 1. The Morgan fingerprint density at radius 3 is 2.77 bits per heavy atom. The van der Waals surface area contributed by atoms with E-state index in [-0.39, 0.29) is 30.7 Å². The molecule has 2 heterocycles. The van der Waals surface area contributed by atoms with E-state index in [1.165, 1.54) is 4.90 Å². The van der Waals surface area contributed by atoms with Gasteiger partial charge in [-0.1, -0.05) is 13.8 Å². The minimum Gasteiger partial charge on any atom is -0.347 e. The maximum atomic E-state index is 13.7. The highest BCUT2D eigenvalue weighted by atomic mass is 19.1. The molecule has 1 aromatic rings. The molecule has 0 saturated carbocycles. The Kier molecular flexibility index (Phi) is 4.93. The standard InChI is InChI=1S/C18H21F2N3O3/c1-9(2)5-14-18(26)23-8-11(7-15(23)17(25)22-14)21-16(24)12-6-10(19)3-4-13(12)20/h3-4,6,9,11,14-15H,5,7-8H2,1-2H3,(H,21,24)(H,22,25)/t11-,14+,15-/m0/s1. The van der Waals surface area contributed by atoms with Crippen LogP contribution in [0.2, 0.25) is 0 Å². The first kappa shape index (κ1) is 18.3. The number of hydrogen-bond acceptors (Lipinski definition) is 3. The summed E-state index contributed by atoms with van der Waals surface area (Å²) in [7, 11) is 0. The zero-order valence-electron chi connectivity index (χ0n) is 14.6. The van der Waals surface area contributed by atoms with Crippen LogP contribution in [0.3, 0.4) is 0 Å². The molecule has 140 valence electrons. The molecule has 0 aromatic heterocycles. The first-order chi connectivity index (χ1) is 12.3. The Balaban J connectivity index is 1.69. The molecule has 3 amide bonds. The van der Waals surface area contributed by atoms with Crippen LogP contribution in [0.4, 0.5) is 8.78 Å². The van der Waals surface area contributed by atoms with Gasteiger partial charge in [0, 0.05) is 12.6 Å². The van der Waals surface area contributed by atoms with Gasteiger partial charge in [-0.25, -0.2) is 8.78 Å². The second-order valence-corrected chi connectivity index (χ2v) is 7.23. The Morgan fingerprint density at radius 1 is 1.35 bits per heavy atom. The van der Waals surface area contributed by atoms with Gasteiger partial charge in [-0.3, -0.25) is 14.4 Å². The summed E-state index contributed by atoms with van der Waals surface area (Å²) in [5.41, 5.74) is -0.400. The minimum atomic E-state index is -0.828. The van der Waals surface area contributed by atoms with Crippen molar-refractivity contribution in [1.82, 2.24) is 15.5 Å². The molecule has 2 saturated heterocycles. The average molecular weight is 365 g/mol. The largest absolute Gasteiger partial charge is 0.347 e. The van der Waals surface area contributed by atoms with Gasteiger partial charge in [0.25, 0.3) is 5.91 Å². The van der Waals surface area contributed by atoms with Crippen LogP contribution in [0, 0.1) is 17.6 Å². The van der Waals surface area contributed by atoms with Gasteiger partial charge in [-0.2, -0.15) is 0 Å². The molecule has 6 nitrogen and oxygen atoms in total. The molecular weight excluding hydrogens is 344 g/mol. The van der Waals surface area contributed by atoms with Crippen molar-refractivity contribution in [2.24, 2.45) is 5.92 Å². The Bertz CT molecular complexity index is 753.